The monoisotopic (exact) mass is 288 g/mol. The first-order chi connectivity index (χ1) is 7.47. The first-order valence-electron chi connectivity index (χ1n) is 5.48. The third-order valence-electron chi connectivity index (χ3n) is 2.47. The molecule has 0 aliphatic rings. The van der Waals surface area contributed by atoms with Gasteiger partial charge in [0.05, 0.1) is 15.8 Å². The van der Waals surface area contributed by atoms with Gasteiger partial charge in [-0.1, -0.05) is 6.92 Å². The summed E-state index contributed by atoms with van der Waals surface area (Å²) in [5.41, 5.74) is 7.24. The molecule has 16 heavy (non-hydrogen) atoms. The van der Waals surface area contributed by atoms with E-state index in [9.17, 15) is 4.39 Å². The van der Waals surface area contributed by atoms with Gasteiger partial charge in [-0.15, -0.1) is 0 Å². The Morgan fingerprint density at radius 2 is 2.06 bits per heavy atom. The molecule has 0 heterocycles. The number of nitrogen functional groups attached to an aromatic ring is 1. The van der Waals surface area contributed by atoms with E-state index < -0.39 is 0 Å². The molecule has 1 aromatic rings. The van der Waals surface area contributed by atoms with Gasteiger partial charge in [-0.3, -0.25) is 0 Å². The third-order valence-corrected chi connectivity index (χ3v) is 3.07. The molecule has 0 aliphatic carbocycles. The minimum atomic E-state index is -0.318. The second-order valence-corrected chi connectivity index (χ2v) is 4.97. The molecule has 4 heteroatoms. The Hall–Kier alpha value is -0.770. The predicted molar refractivity (Wildman–Crippen MR) is 71.3 cm³/mol. The molecule has 0 atom stereocenters. The van der Waals surface area contributed by atoms with Crippen molar-refractivity contribution in [3.05, 3.63) is 22.4 Å². The lowest BCUT2D eigenvalue weighted by atomic mass is 10.2. The van der Waals surface area contributed by atoms with Crippen molar-refractivity contribution in [3.63, 3.8) is 0 Å². The van der Waals surface area contributed by atoms with Crippen molar-refractivity contribution < 1.29 is 4.39 Å². The summed E-state index contributed by atoms with van der Waals surface area (Å²) in [5.74, 6) is -0.318. The minimum absolute atomic E-state index is 0.318. The van der Waals surface area contributed by atoms with Crippen molar-refractivity contribution in [2.45, 2.75) is 33.2 Å². The van der Waals surface area contributed by atoms with Gasteiger partial charge in [0, 0.05) is 18.7 Å². The van der Waals surface area contributed by atoms with Gasteiger partial charge >= 0.3 is 0 Å². The van der Waals surface area contributed by atoms with E-state index in [-0.39, 0.29) is 5.82 Å². The number of nitrogens with two attached hydrogens (primary N) is 1. The molecule has 90 valence electrons. The number of benzene rings is 1. The van der Waals surface area contributed by atoms with Gasteiger partial charge in [-0.25, -0.2) is 4.39 Å². The van der Waals surface area contributed by atoms with Crippen molar-refractivity contribution >= 4 is 27.3 Å². The molecule has 0 unspecified atom stereocenters. The highest BCUT2D eigenvalue weighted by atomic mass is 79.9. The second-order valence-electron chi connectivity index (χ2n) is 4.11. The number of nitrogens with zero attached hydrogens (tertiary/aromatic N) is 1. The van der Waals surface area contributed by atoms with E-state index in [1.54, 1.807) is 6.07 Å². The van der Waals surface area contributed by atoms with Gasteiger partial charge in [0.15, 0.2) is 0 Å². The summed E-state index contributed by atoms with van der Waals surface area (Å²) in [6.45, 7) is 7.24. The van der Waals surface area contributed by atoms with Crippen molar-refractivity contribution in [1.82, 2.24) is 0 Å². The summed E-state index contributed by atoms with van der Waals surface area (Å²) >= 11 is 3.19. The molecule has 0 spiro atoms. The fraction of sp³-hybridized carbons (Fsp3) is 0.500. The molecule has 2 nitrogen and oxygen atoms in total. The predicted octanol–water partition coefficient (Wildman–Crippen LogP) is 3.80. The van der Waals surface area contributed by atoms with Crippen LogP contribution in [0.5, 0.6) is 0 Å². The molecular weight excluding hydrogens is 271 g/mol. The highest BCUT2D eigenvalue weighted by molar-refractivity contribution is 9.10. The van der Waals surface area contributed by atoms with Crippen LogP contribution in [0, 0.1) is 5.82 Å². The Bertz CT molecular complexity index is 366. The zero-order chi connectivity index (χ0) is 12.3. The van der Waals surface area contributed by atoms with Crippen LogP contribution in [0.1, 0.15) is 27.2 Å². The Kier molecular flexibility index (Phi) is 4.59. The zero-order valence-corrected chi connectivity index (χ0v) is 11.5. The average Bonchev–Trinajstić information content (AvgIpc) is 2.20. The van der Waals surface area contributed by atoms with Gasteiger partial charge in [0.25, 0.3) is 0 Å². The van der Waals surface area contributed by atoms with Gasteiger partial charge in [-0.05, 0) is 42.3 Å². The Morgan fingerprint density at radius 3 is 2.56 bits per heavy atom. The van der Waals surface area contributed by atoms with Crippen LogP contribution >= 0.6 is 15.9 Å². The van der Waals surface area contributed by atoms with Gasteiger partial charge in [0.1, 0.15) is 5.82 Å². The molecule has 0 saturated carbocycles. The molecule has 0 radical (unpaired) electrons. The number of rotatable bonds is 4. The first kappa shape index (κ1) is 13.3. The van der Waals surface area contributed by atoms with Crippen LogP contribution in [-0.2, 0) is 0 Å². The summed E-state index contributed by atoms with van der Waals surface area (Å²) in [4.78, 5) is 2.18. The van der Waals surface area contributed by atoms with Crippen LogP contribution in [0.25, 0.3) is 0 Å². The summed E-state index contributed by atoms with van der Waals surface area (Å²) in [6, 6.07) is 3.46. The molecular formula is C12H18BrFN2. The standard InChI is InChI=1S/C12H18BrFN2/c1-4-5-16(8(2)3)12-6-9(13)10(14)7-11(12)15/h6-8H,4-5,15H2,1-3H3. The van der Waals surface area contributed by atoms with Crippen LogP contribution in [0.4, 0.5) is 15.8 Å². The lowest BCUT2D eigenvalue weighted by Crippen LogP contribution is -2.32. The second kappa shape index (κ2) is 5.53. The largest absolute Gasteiger partial charge is 0.397 e. The van der Waals surface area contributed by atoms with E-state index in [4.69, 9.17) is 5.73 Å². The Morgan fingerprint density at radius 1 is 1.44 bits per heavy atom. The molecule has 0 fully saturated rings. The number of anilines is 2. The van der Waals surface area contributed by atoms with E-state index in [1.165, 1.54) is 6.07 Å². The van der Waals surface area contributed by atoms with Gasteiger partial charge in [0.2, 0.25) is 0 Å². The summed E-state index contributed by atoms with van der Waals surface area (Å²) in [7, 11) is 0. The van der Waals surface area contributed by atoms with Crippen LogP contribution in [-0.4, -0.2) is 12.6 Å². The molecule has 0 aromatic heterocycles. The lowest BCUT2D eigenvalue weighted by Gasteiger charge is -2.30. The molecule has 1 aromatic carbocycles. The quantitative estimate of drug-likeness (QED) is 0.854. The third kappa shape index (κ3) is 2.88. The van der Waals surface area contributed by atoms with Crippen molar-refractivity contribution in [1.29, 1.82) is 0 Å². The smallest absolute Gasteiger partial charge is 0.139 e. The summed E-state index contributed by atoms with van der Waals surface area (Å²) in [5, 5.41) is 0. The normalized spacial score (nSPS) is 10.9. The fourth-order valence-corrected chi connectivity index (χ4v) is 2.03. The number of halogens is 2. The fourth-order valence-electron chi connectivity index (χ4n) is 1.70. The highest BCUT2D eigenvalue weighted by Crippen LogP contribution is 2.30. The van der Waals surface area contributed by atoms with Crippen LogP contribution in [0.15, 0.2) is 16.6 Å². The van der Waals surface area contributed by atoms with Crippen molar-refractivity contribution in [2.24, 2.45) is 0 Å². The van der Waals surface area contributed by atoms with Gasteiger partial charge in [-0.2, -0.15) is 0 Å². The molecule has 0 aliphatic heterocycles. The zero-order valence-electron chi connectivity index (χ0n) is 9.93. The number of hydrogen-bond acceptors (Lipinski definition) is 2. The van der Waals surface area contributed by atoms with E-state index >= 15 is 0 Å². The summed E-state index contributed by atoms with van der Waals surface area (Å²) in [6.07, 6.45) is 1.03. The SMILES string of the molecule is CCCN(c1cc(Br)c(F)cc1N)C(C)C. The number of hydrogen-bond donors (Lipinski definition) is 1. The summed E-state index contributed by atoms with van der Waals surface area (Å²) < 4.78 is 13.7. The van der Waals surface area contributed by atoms with Crippen LogP contribution in [0.3, 0.4) is 0 Å². The average molecular weight is 289 g/mol. The highest BCUT2D eigenvalue weighted by Gasteiger charge is 2.14. The molecule has 0 bridgehead atoms. The lowest BCUT2D eigenvalue weighted by molar-refractivity contribution is 0.619. The van der Waals surface area contributed by atoms with Gasteiger partial charge < -0.3 is 10.6 Å². The van der Waals surface area contributed by atoms with Crippen LogP contribution in [0.2, 0.25) is 0 Å². The molecule has 1 rings (SSSR count). The molecule has 0 amide bonds. The molecule has 2 N–H and O–H groups in total. The van der Waals surface area contributed by atoms with Crippen LogP contribution < -0.4 is 10.6 Å². The van der Waals surface area contributed by atoms with E-state index in [2.05, 4.69) is 41.6 Å². The Balaban J connectivity index is 3.13. The van der Waals surface area contributed by atoms with Crippen molar-refractivity contribution in [3.8, 4) is 0 Å². The maximum absolute atomic E-state index is 13.3. The van der Waals surface area contributed by atoms with E-state index in [1.807, 2.05) is 0 Å². The first-order valence-corrected chi connectivity index (χ1v) is 6.27. The maximum Gasteiger partial charge on any atom is 0.139 e. The Labute approximate surface area is 105 Å². The molecule has 0 saturated heterocycles. The minimum Gasteiger partial charge on any atom is -0.397 e. The topological polar surface area (TPSA) is 29.3 Å². The van der Waals surface area contributed by atoms with Crippen molar-refractivity contribution in [2.75, 3.05) is 17.2 Å². The van der Waals surface area contributed by atoms with E-state index in [0.29, 0.717) is 16.2 Å². The van der Waals surface area contributed by atoms with E-state index in [0.717, 1.165) is 18.7 Å². The maximum atomic E-state index is 13.3.